The molecule has 0 radical (unpaired) electrons. The van der Waals surface area contributed by atoms with Gasteiger partial charge in [-0.3, -0.25) is 0 Å². The Morgan fingerprint density at radius 3 is 2.62 bits per heavy atom. The third-order valence-corrected chi connectivity index (χ3v) is 1.35. The molecule has 2 N–H and O–H groups in total. The second-order valence-corrected chi connectivity index (χ2v) is 2.76. The smallest absolute Gasteiger partial charge is 0.262 e. The summed E-state index contributed by atoms with van der Waals surface area (Å²) in [6, 6.07) is 0. The molecule has 13 heavy (non-hydrogen) atoms. The van der Waals surface area contributed by atoms with Gasteiger partial charge in [0.05, 0.1) is 13.2 Å². The molecule has 0 aliphatic heterocycles. The average Bonchev–Trinajstić information content (AvgIpc) is 2.03. The summed E-state index contributed by atoms with van der Waals surface area (Å²) < 4.78 is 10.4. The van der Waals surface area contributed by atoms with Crippen molar-refractivity contribution in [2.45, 2.75) is 20.0 Å². The maximum absolute atomic E-state index is 5.55. The summed E-state index contributed by atoms with van der Waals surface area (Å²) in [6.45, 7) is 3.80. The number of ether oxygens (including phenoxy) is 2. The Morgan fingerprint density at radius 2 is 2.08 bits per heavy atom. The van der Waals surface area contributed by atoms with E-state index < -0.39 is 0 Å². The Kier molecular flexibility index (Phi) is 2.89. The average molecular weight is 183 g/mol. The number of rotatable bonds is 3. The van der Waals surface area contributed by atoms with Crippen LogP contribution in [-0.2, 0) is 0 Å². The predicted molar refractivity (Wildman–Crippen MR) is 48.8 cm³/mol. The van der Waals surface area contributed by atoms with Crippen molar-refractivity contribution < 1.29 is 9.47 Å². The van der Waals surface area contributed by atoms with Gasteiger partial charge in [-0.2, -0.15) is 4.98 Å². The molecule has 0 aliphatic rings. The molecule has 5 nitrogen and oxygen atoms in total. The third kappa shape index (κ3) is 2.21. The van der Waals surface area contributed by atoms with Crippen LogP contribution in [0.1, 0.15) is 13.8 Å². The zero-order valence-electron chi connectivity index (χ0n) is 7.94. The van der Waals surface area contributed by atoms with Gasteiger partial charge in [0, 0.05) is 0 Å². The molecule has 1 heterocycles. The quantitative estimate of drug-likeness (QED) is 0.752. The molecule has 0 saturated heterocycles. The highest BCUT2D eigenvalue weighted by Crippen LogP contribution is 2.28. The van der Waals surface area contributed by atoms with Gasteiger partial charge in [0.25, 0.3) is 5.88 Å². The van der Waals surface area contributed by atoms with E-state index in [1.165, 1.54) is 13.4 Å². The molecule has 1 rings (SSSR count). The maximum atomic E-state index is 5.55. The summed E-state index contributed by atoms with van der Waals surface area (Å²) in [5.41, 5.74) is 5.55. The van der Waals surface area contributed by atoms with Gasteiger partial charge < -0.3 is 15.2 Å². The standard InChI is InChI=1S/C8H13N3O2/c1-5(2)13-8-6(12-3)7(9)10-4-11-8/h4-5H,1-3H3,(H2,9,10,11). The summed E-state index contributed by atoms with van der Waals surface area (Å²) in [4.78, 5) is 7.69. The van der Waals surface area contributed by atoms with Gasteiger partial charge in [-0.25, -0.2) is 4.98 Å². The topological polar surface area (TPSA) is 70.3 Å². The first kappa shape index (κ1) is 9.57. The van der Waals surface area contributed by atoms with E-state index in [2.05, 4.69) is 9.97 Å². The number of nitrogens with two attached hydrogens (primary N) is 1. The van der Waals surface area contributed by atoms with Crippen molar-refractivity contribution in [1.29, 1.82) is 0 Å². The number of hydrogen-bond acceptors (Lipinski definition) is 5. The molecule has 0 fully saturated rings. The molecule has 1 aromatic rings. The van der Waals surface area contributed by atoms with Crippen LogP contribution in [0.15, 0.2) is 6.33 Å². The van der Waals surface area contributed by atoms with Crippen molar-refractivity contribution in [3.05, 3.63) is 6.33 Å². The number of hydrogen-bond donors (Lipinski definition) is 1. The van der Waals surface area contributed by atoms with Gasteiger partial charge in [0.1, 0.15) is 6.33 Å². The Labute approximate surface area is 76.9 Å². The van der Waals surface area contributed by atoms with Crippen molar-refractivity contribution in [2.24, 2.45) is 0 Å². The van der Waals surface area contributed by atoms with Crippen LogP contribution in [-0.4, -0.2) is 23.2 Å². The van der Waals surface area contributed by atoms with Gasteiger partial charge in [0.15, 0.2) is 5.82 Å². The summed E-state index contributed by atoms with van der Waals surface area (Å²) in [5.74, 6) is 1.05. The van der Waals surface area contributed by atoms with E-state index in [0.717, 1.165) is 0 Å². The molecule has 5 heteroatoms. The van der Waals surface area contributed by atoms with Crippen LogP contribution in [0.3, 0.4) is 0 Å². The van der Waals surface area contributed by atoms with E-state index in [1.54, 1.807) is 0 Å². The van der Waals surface area contributed by atoms with Gasteiger partial charge >= 0.3 is 0 Å². The molecule has 0 atom stereocenters. The Morgan fingerprint density at radius 1 is 1.38 bits per heavy atom. The molecular formula is C8H13N3O2. The van der Waals surface area contributed by atoms with Gasteiger partial charge in [-0.15, -0.1) is 0 Å². The molecule has 0 saturated carbocycles. The minimum absolute atomic E-state index is 0.0307. The second kappa shape index (κ2) is 3.93. The van der Waals surface area contributed by atoms with Crippen molar-refractivity contribution in [3.63, 3.8) is 0 Å². The number of nitrogen functional groups attached to an aromatic ring is 1. The largest absolute Gasteiger partial charge is 0.489 e. The zero-order chi connectivity index (χ0) is 9.84. The van der Waals surface area contributed by atoms with Crippen molar-refractivity contribution in [1.82, 2.24) is 9.97 Å². The van der Waals surface area contributed by atoms with E-state index >= 15 is 0 Å². The van der Waals surface area contributed by atoms with E-state index in [-0.39, 0.29) is 11.9 Å². The van der Waals surface area contributed by atoms with Crippen molar-refractivity contribution in [3.8, 4) is 11.6 Å². The number of methoxy groups -OCH3 is 1. The highest BCUT2D eigenvalue weighted by Gasteiger charge is 2.11. The molecule has 72 valence electrons. The number of aromatic nitrogens is 2. The molecule has 0 amide bonds. The first-order chi connectivity index (χ1) is 6.15. The van der Waals surface area contributed by atoms with Gasteiger partial charge in [-0.1, -0.05) is 0 Å². The Bertz CT molecular complexity index is 289. The normalized spacial score (nSPS) is 10.2. The molecule has 0 bridgehead atoms. The van der Waals surface area contributed by atoms with Gasteiger partial charge in [-0.05, 0) is 13.8 Å². The first-order valence-electron chi connectivity index (χ1n) is 3.96. The lowest BCUT2D eigenvalue weighted by molar-refractivity contribution is 0.220. The lowest BCUT2D eigenvalue weighted by Gasteiger charge is -2.12. The predicted octanol–water partition coefficient (Wildman–Crippen LogP) is 0.855. The van der Waals surface area contributed by atoms with Crippen LogP contribution in [0.5, 0.6) is 11.6 Å². The minimum atomic E-state index is 0.0307. The summed E-state index contributed by atoms with van der Waals surface area (Å²) in [6.07, 6.45) is 1.37. The lowest BCUT2D eigenvalue weighted by atomic mass is 10.4. The van der Waals surface area contributed by atoms with Crippen LogP contribution < -0.4 is 15.2 Å². The number of nitrogens with zero attached hydrogens (tertiary/aromatic N) is 2. The molecule has 0 aliphatic carbocycles. The SMILES string of the molecule is COc1c(N)ncnc1OC(C)C. The molecule has 0 spiro atoms. The molecule has 0 unspecified atom stereocenters. The second-order valence-electron chi connectivity index (χ2n) is 2.76. The summed E-state index contributed by atoms with van der Waals surface area (Å²) in [5, 5.41) is 0. The lowest BCUT2D eigenvalue weighted by Crippen LogP contribution is -2.09. The Hall–Kier alpha value is -1.52. The summed E-state index contributed by atoms with van der Waals surface area (Å²) in [7, 11) is 1.50. The Balaban J connectivity index is 2.98. The van der Waals surface area contributed by atoms with Gasteiger partial charge in [0.2, 0.25) is 5.75 Å². The van der Waals surface area contributed by atoms with Crippen LogP contribution in [0, 0.1) is 0 Å². The zero-order valence-corrected chi connectivity index (χ0v) is 7.94. The maximum Gasteiger partial charge on any atom is 0.262 e. The molecule has 0 aromatic carbocycles. The van der Waals surface area contributed by atoms with Crippen molar-refractivity contribution >= 4 is 5.82 Å². The fourth-order valence-electron chi connectivity index (χ4n) is 0.869. The van der Waals surface area contributed by atoms with Crippen LogP contribution >= 0.6 is 0 Å². The highest BCUT2D eigenvalue weighted by molar-refractivity contribution is 5.51. The molecular weight excluding hydrogens is 170 g/mol. The fourth-order valence-corrected chi connectivity index (χ4v) is 0.869. The molecule has 1 aromatic heterocycles. The van der Waals surface area contributed by atoms with E-state index in [9.17, 15) is 0 Å². The van der Waals surface area contributed by atoms with Crippen LogP contribution in [0.4, 0.5) is 5.82 Å². The number of anilines is 1. The highest BCUT2D eigenvalue weighted by atomic mass is 16.5. The third-order valence-electron chi connectivity index (χ3n) is 1.35. The van der Waals surface area contributed by atoms with Crippen LogP contribution in [0.2, 0.25) is 0 Å². The monoisotopic (exact) mass is 183 g/mol. The first-order valence-corrected chi connectivity index (χ1v) is 3.96. The van der Waals surface area contributed by atoms with E-state index in [1.807, 2.05) is 13.8 Å². The van der Waals surface area contributed by atoms with E-state index in [4.69, 9.17) is 15.2 Å². The minimum Gasteiger partial charge on any atom is -0.489 e. The van der Waals surface area contributed by atoms with E-state index in [0.29, 0.717) is 11.6 Å². The fraction of sp³-hybridized carbons (Fsp3) is 0.500. The van der Waals surface area contributed by atoms with Crippen LogP contribution in [0.25, 0.3) is 0 Å². The summed E-state index contributed by atoms with van der Waals surface area (Å²) >= 11 is 0. The van der Waals surface area contributed by atoms with Crippen molar-refractivity contribution in [2.75, 3.05) is 12.8 Å².